The molecule has 21 heavy (non-hydrogen) atoms. The monoisotopic (exact) mass is 302 g/mol. The molecule has 0 saturated heterocycles. The minimum absolute atomic E-state index is 0.644. The van der Waals surface area contributed by atoms with E-state index in [0.29, 0.717) is 11.6 Å². The average Bonchev–Trinajstić information content (AvgIpc) is 2.93. The Morgan fingerprint density at radius 2 is 2.00 bits per heavy atom. The zero-order valence-corrected chi connectivity index (χ0v) is 12.1. The van der Waals surface area contributed by atoms with Gasteiger partial charge >= 0.3 is 0 Å². The van der Waals surface area contributed by atoms with Gasteiger partial charge in [-0.1, -0.05) is 11.6 Å². The van der Waals surface area contributed by atoms with Crippen molar-refractivity contribution in [2.75, 3.05) is 18.4 Å². The van der Waals surface area contributed by atoms with E-state index in [1.165, 1.54) is 6.33 Å². The molecular formula is C14H15ClN6. The zero-order chi connectivity index (χ0) is 14.7. The first-order valence-corrected chi connectivity index (χ1v) is 7.06. The predicted molar refractivity (Wildman–Crippen MR) is 83.8 cm³/mol. The molecule has 3 N–H and O–H groups in total. The number of aromatic nitrogens is 4. The molecular weight excluding hydrogens is 288 g/mol. The minimum Gasteiger partial charge on any atom is -0.369 e. The molecule has 3 rings (SSSR count). The number of fused-ring (bicyclic) bond motifs is 1. The standard InChI is InChI=1S/C14H15ClN6/c15-10-2-4-11(5-3-10)21-14-12(8-20-21)13(18-9-19-14)17-7-1-6-16/h2-5,8-9H,1,6-7,16H2,(H,17,18,19). The molecule has 0 unspecified atom stereocenters. The number of rotatable bonds is 5. The van der Waals surface area contributed by atoms with Crippen molar-refractivity contribution in [1.29, 1.82) is 0 Å². The fourth-order valence-electron chi connectivity index (χ4n) is 2.07. The molecule has 6 nitrogen and oxygen atoms in total. The summed E-state index contributed by atoms with van der Waals surface area (Å²) in [6.07, 6.45) is 4.17. The van der Waals surface area contributed by atoms with Crippen LogP contribution in [0.4, 0.5) is 5.82 Å². The predicted octanol–water partition coefficient (Wildman–Crippen LogP) is 2.23. The first-order valence-electron chi connectivity index (χ1n) is 6.68. The Bertz CT molecular complexity index is 737. The second-order valence-electron chi connectivity index (χ2n) is 4.56. The summed E-state index contributed by atoms with van der Waals surface area (Å²) >= 11 is 5.91. The van der Waals surface area contributed by atoms with Crippen molar-refractivity contribution in [1.82, 2.24) is 19.7 Å². The van der Waals surface area contributed by atoms with E-state index >= 15 is 0 Å². The Morgan fingerprint density at radius 1 is 1.19 bits per heavy atom. The normalized spacial score (nSPS) is 11.0. The molecule has 0 aliphatic rings. The lowest BCUT2D eigenvalue weighted by Crippen LogP contribution is -2.09. The van der Waals surface area contributed by atoms with E-state index in [4.69, 9.17) is 17.3 Å². The van der Waals surface area contributed by atoms with Crippen LogP contribution in [0, 0.1) is 0 Å². The SMILES string of the molecule is NCCCNc1ncnc2c1cnn2-c1ccc(Cl)cc1. The number of nitrogens with zero attached hydrogens (tertiary/aromatic N) is 4. The smallest absolute Gasteiger partial charge is 0.168 e. The Morgan fingerprint density at radius 3 is 2.76 bits per heavy atom. The van der Waals surface area contributed by atoms with Crippen LogP contribution < -0.4 is 11.1 Å². The molecule has 3 aromatic rings. The van der Waals surface area contributed by atoms with Crippen molar-refractivity contribution in [3.8, 4) is 5.69 Å². The highest BCUT2D eigenvalue weighted by Crippen LogP contribution is 2.22. The van der Waals surface area contributed by atoms with Crippen molar-refractivity contribution in [2.24, 2.45) is 5.73 Å². The molecule has 0 spiro atoms. The molecule has 7 heteroatoms. The first kappa shape index (κ1) is 13.8. The van der Waals surface area contributed by atoms with Crippen LogP contribution in [0.2, 0.25) is 5.02 Å². The molecule has 0 saturated carbocycles. The summed E-state index contributed by atoms with van der Waals surface area (Å²) in [4.78, 5) is 8.58. The number of benzene rings is 1. The summed E-state index contributed by atoms with van der Waals surface area (Å²) in [6, 6.07) is 7.45. The van der Waals surface area contributed by atoms with Crippen molar-refractivity contribution < 1.29 is 0 Å². The third kappa shape index (κ3) is 2.81. The summed E-state index contributed by atoms with van der Waals surface area (Å²) in [5.41, 5.74) is 7.15. The number of nitrogens with two attached hydrogens (primary N) is 1. The number of hydrogen-bond acceptors (Lipinski definition) is 5. The van der Waals surface area contributed by atoms with Crippen molar-refractivity contribution in [3.63, 3.8) is 0 Å². The molecule has 0 aliphatic carbocycles. The molecule has 2 heterocycles. The van der Waals surface area contributed by atoms with Crippen molar-refractivity contribution in [2.45, 2.75) is 6.42 Å². The van der Waals surface area contributed by atoms with E-state index in [9.17, 15) is 0 Å². The second kappa shape index (κ2) is 6.07. The van der Waals surface area contributed by atoms with Crippen LogP contribution in [0.1, 0.15) is 6.42 Å². The van der Waals surface area contributed by atoms with Crippen LogP contribution in [0.15, 0.2) is 36.8 Å². The van der Waals surface area contributed by atoms with Gasteiger partial charge in [0.05, 0.1) is 17.3 Å². The summed E-state index contributed by atoms with van der Waals surface area (Å²) in [5, 5.41) is 9.22. The largest absolute Gasteiger partial charge is 0.369 e. The van der Waals surface area contributed by atoms with Gasteiger partial charge in [-0.05, 0) is 37.2 Å². The summed E-state index contributed by atoms with van der Waals surface area (Å²) in [7, 11) is 0. The third-order valence-corrected chi connectivity index (χ3v) is 3.36. The van der Waals surface area contributed by atoms with Gasteiger partial charge in [0.25, 0.3) is 0 Å². The van der Waals surface area contributed by atoms with Crippen LogP contribution in [-0.2, 0) is 0 Å². The highest BCUT2D eigenvalue weighted by molar-refractivity contribution is 6.30. The van der Waals surface area contributed by atoms with E-state index in [0.717, 1.165) is 35.5 Å². The quantitative estimate of drug-likeness (QED) is 0.706. The molecule has 0 bridgehead atoms. The van der Waals surface area contributed by atoms with Gasteiger partial charge in [-0.15, -0.1) is 0 Å². The molecule has 0 radical (unpaired) electrons. The van der Waals surface area contributed by atoms with Crippen LogP contribution in [-0.4, -0.2) is 32.8 Å². The van der Waals surface area contributed by atoms with Gasteiger partial charge in [0.15, 0.2) is 5.65 Å². The van der Waals surface area contributed by atoms with Crippen LogP contribution >= 0.6 is 11.6 Å². The molecule has 0 atom stereocenters. The maximum atomic E-state index is 5.91. The maximum absolute atomic E-state index is 5.91. The lowest BCUT2D eigenvalue weighted by molar-refractivity contribution is 0.870. The first-order chi connectivity index (χ1) is 10.3. The van der Waals surface area contributed by atoms with Crippen molar-refractivity contribution >= 4 is 28.5 Å². The highest BCUT2D eigenvalue weighted by atomic mass is 35.5. The fraction of sp³-hybridized carbons (Fsp3) is 0.214. The Balaban J connectivity index is 1.98. The number of nitrogens with one attached hydrogen (secondary N) is 1. The molecule has 2 aromatic heterocycles. The van der Waals surface area contributed by atoms with Crippen LogP contribution in [0.25, 0.3) is 16.7 Å². The lowest BCUT2D eigenvalue weighted by atomic mass is 10.3. The van der Waals surface area contributed by atoms with E-state index in [2.05, 4.69) is 20.4 Å². The van der Waals surface area contributed by atoms with Gasteiger partial charge in [-0.2, -0.15) is 5.10 Å². The summed E-state index contributed by atoms with van der Waals surface area (Å²) in [6.45, 7) is 1.42. The van der Waals surface area contributed by atoms with E-state index in [1.807, 2.05) is 24.3 Å². The Kier molecular flexibility index (Phi) is 3.98. The molecule has 0 fully saturated rings. The maximum Gasteiger partial charge on any atom is 0.168 e. The van der Waals surface area contributed by atoms with E-state index in [1.54, 1.807) is 10.9 Å². The molecule has 0 aliphatic heterocycles. The van der Waals surface area contributed by atoms with Gasteiger partial charge in [-0.25, -0.2) is 14.6 Å². The van der Waals surface area contributed by atoms with E-state index < -0.39 is 0 Å². The molecule has 108 valence electrons. The third-order valence-electron chi connectivity index (χ3n) is 3.11. The Hall–Kier alpha value is -2.18. The molecule has 1 aromatic carbocycles. The van der Waals surface area contributed by atoms with Crippen molar-refractivity contribution in [3.05, 3.63) is 41.8 Å². The number of halogens is 1. The highest BCUT2D eigenvalue weighted by Gasteiger charge is 2.10. The molecule has 0 amide bonds. The van der Waals surface area contributed by atoms with Gasteiger partial charge in [0.2, 0.25) is 0 Å². The second-order valence-corrected chi connectivity index (χ2v) is 5.00. The summed E-state index contributed by atoms with van der Waals surface area (Å²) < 4.78 is 1.77. The average molecular weight is 303 g/mol. The fourth-order valence-corrected chi connectivity index (χ4v) is 2.19. The van der Waals surface area contributed by atoms with Crippen LogP contribution in [0.3, 0.4) is 0 Å². The van der Waals surface area contributed by atoms with Gasteiger partial charge in [-0.3, -0.25) is 0 Å². The van der Waals surface area contributed by atoms with Gasteiger partial charge < -0.3 is 11.1 Å². The number of anilines is 1. The lowest BCUT2D eigenvalue weighted by Gasteiger charge is -2.06. The van der Waals surface area contributed by atoms with Gasteiger partial charge in [0, 0.05) is 11.6 Å². The van der Waals surface area contributed by atoms with Gasteiger partial charge in [0.1, 0.15) is 12.1 Å². The summed E-state index contributed by atoms with van der Waals surface area (Å²) in [5.74, 6) is 0.772. The Labute approximate surface area is 127 Å². The van der Waals surface area contributed by atoms with Crippen LogP contribution in [0.5, 0.6) is 0 Å². The zero-order valence-electron chi connectivity index (χ0n) is 11.3. The number of hydrogen-bond donors (Lipinski definition) is 2. The topological polar surface area (TPSA) is 81.7 Å². The van der Waals surface area contributed by atoms with E-state index in [-0.39, 0.29) is 0 Å². The minimum atomic E-state index is 0.644.